The summed E-state index contributed by atoms with van der Waals surface area (Å²) in [4.78, 5) is 6.97. The first-order chi connectivity index (χ1) is 16.8. The largest absolute Gasteiger partial charge is 0.437 e. The highest BCUT2D eigenvalue weighted by molar-refractivity contribution is 6.03. The van der Waals surface area contributed by atoms with E-state index < -0.39 is 0 Å². The van der Waals surface area contributed by atoms with Gasteiger partial charge in [-0.05, 0) is 59.5 Å². The number of hydrogen-bond acceptors (Lipinski definition) is 3. The molecule has 5 aromatic carbocycles. The maximum Gasteiger partial charge on any atom is 0.220 e. The van der Waals surface area contributed by atoms with Crippen LogP contribution >= 0.6 is 0 Å². The van der Waals surface area contributed by atoms with E-state index in [9.17, 15) is 0 Å². The van der Waals surface area contributed by atoms with E-state index in [4.69, 9.17) is 9.40 Å². The Hall–Kier alpha value is -4.63. The first-order valence-electron chi connectivity index (χ1n) is 11.3. The van der Waals surface area contributed by atoms with Crippen LogP contribution in [0.3, 0.4) is 0 Å². The predicted octanol–water partition coefficient (Wildman–Crippen LogP) is 8.62. The Labute approximate surface area is 198 Å². The van der Waals surface area contributed by atoms with Crippen LogP contribution < -0.4 is 4.90 Å². The Morgan fingerprint density at radius 1 is 0.559 bits per heavy atom. The lowest BCUT2D eigenvalue weighted by Gasteiger charge is -2.25. The van der Waals surface area contributed by atoms with Crippen molar-refractivity contribution in [3.05, 3.63) is 133 Å². The normalized spacial score (nSPS) is 11.4. The van der Waals surface area contributed by atoms with Gasteiger partial charge in [-0.25, -0.2) is 4.98 Å². The van der Waals surface area contributed by atoms with E-state index in [1.54, 1.807) is 0 Å². The second kappa shape index (κ2) is 8.72. The van der Waals surface area contributed by atoms with Crippen LogP contribution in [0.5, 0.6) is 0 Å². The Balaban J connectivity index is 1.30. The van der Waals surface area contributed by atoms with Crippen LogP contribution in [-0.2, 0) is 0 Å². The highest BCUT2D eigenvalue weighted by atomic mass is 16.3. The van der Waals surface area contributed by atoms with Gasteiger partial charge in [0.1, 0.15) is 5.52 Å². The third kappa shape index (κ3) is 3.84. The summed E-state index contributed by atoms with van der Waals surface area (Å²) in [6.07, 6.45) is 3.96. The molecule has 0 spiro atoms. The zero-order valence-corrected chi connectivity index (χ0v) is 18.5. The number of benzene rings is 5. The van der Waals surface area contributed by atoms with Crippen molar-refractivity contribution in [1.82, 2.24) is 4.98 Å². The molecule has 6 aromatic rings. The van der Waals surface area contributed by atoms with Crippen molar-refractivity contribution in [2.24, 2.45) is 0 Å². The number of para-hydroxylation sites is 2. The van der Waals surface area contributed by atoms with Gasteiger partial charge in [0, 0.05) is 28.5 Å². The molecule has 0 N–H and O–H groups in total. The SMILES string of the molecule is C(=C\c1nc2c(ccc3ccccc32)o1)/c1ccc(N(c2ccccc2)c2ccccc2)cc1. The van der Waals surface area contributed by atoms with Gasteiger partial charge in [0.05, 0.1) is 0 Å². The minimum atomic E-state index is 0.602. The van der Waals surface area contributed by atoms with Crippen molar-refractivity contribution in [3.8, 4) is 0 Å². The van der Waals surface area contributed by atoms with Crippen LogP contribution in [0.2, 0.25) is 0 Å². The summed E-state index contributed by atoms with van der Waals surface area (Å²) in [5.41, 5.74) is 6.12. The van der Waals surface area contributed by atoms with Gasteiger partial charge in [0.2, 0.25) is 5.89 Å². The highest BCUT2D eigenvalue weighted by Crippen LogP contribution is 2.34. The average molecular weight is 439 g/mol. The highest BCUT2D eigenvalue weighted by Gasteiger charge is 2.11. The molecule has 0 atom stereocenters. The lowest BCUT2D eigenvalue weighted by Crippen LogP contribution is -2.09. The molecule has 3 nitrogen and oxygen atoms in total. The molecule has 3 heteroatoms. The van der Waals surface area contributed by atoms with Gasteiger partial charge in [-0.15, -0.1) is 0 Å². The molecule has 0 unspecified atom stereocenters. The van der Waals surface area contributed by atoms with Crippen LogP contribution in [0, 0.1) is 0 Å². The monoisotopic (exact) mass is 438 g/mol. The third-order valence-electron chi connectivity index (χ3n) is 5.90. The van der Waals surface area contributed by atoms with E-state index >= 15 is 0 Å². The number of hydrogen-bond donors (Lipinski definition) is 0. The van der Waals surface area contributed by atoms with E-state index in [1.165, 1.54) is 0 Å². The molecule has 0 aliphatic heterocycles. The maximum absolute atomic E-state index is 5.97. The first kappa shape index (κ1) is 20.0. The van der Waals surface area contributed by atoms with Gasteiger partial charge in [-0.3, -0.25) is 0 Å². The molecule has 0 radical (unpaired) electrons. The fraction of sp³-hybridized carbons (Fsp3) is 0. The zero-order chi connectivity index (χ0) is 22.7. The maximum atomic E-state index is 5.97. The lowest BCUT2D eigenvalue weighted by molar-refractivity contribution is 0.590. The number of oxazole rings is 1. The van der Waals surface area contributed by atoms with Gasteiger partial charge in [-0.2, -0.15) is 0 Å². The molecule has 0 saturated carbocycles. The molecule has 1 aromatic heterocycles. The average Bonchev–Trinajstić information content (AvgIpc) is 3.34. The smallest absolute Gasteiger partial charge is 0.220 e. The van der Waals surface area contributed by atoms with Crippen molar-refractivity contribution in [3.63, 3.8) is 0 Å². The molecule has 1 heterocycles. The molecule has 0 saturated heterocycles. The topological polar surface area (TPSA) is 29.3 Å². The quantitative estimate of drug-likeness (QED) is 0.270. The van der Waals surface area contributed by atoms with Crippen LogP contribution in [0.15, 0.2) is 126 Å². The summed E-state index contributed by atoms with van der Waals surface area (Å²) in [6, 6.07) is 41.6. The van der Waals surface area contributed by atoms with Crippen molar-refractivity contribution >= 4 is 51.1 Å². The summed E-state index contributed by atoms with van der Waals surface area (Å²) < 4.78 is 5.97. The molecule has 6 rings (SSSR count). The molecular weight excluding hydrogens is 416 g/mol. The van der Waals surface area contributed by atoms with Crippen LogP contribution in [0.4, 0.5) is 17.1 Å². The fourth-order valence-electron chi connectivity index (χ4n) is 4.25. The number of fused-ring (bicyclic) bond motifs is 3. The van der Waals surface area contributed by atoms with Crippen molar-refractivity contribution in [2.45, 2.75) is 0 Å². The fourth-order valence-corrected chi connectivity index (χ4v) is 4.25. The number of anilines is 3. The summed E-state index contributed by atoms with van der Waals surface area (Å²) in [7, 11) is 0. The van der Waals surface area contributed by atoms with Crippen LogP contribution in [-0.4, -0.2) is 4.98 Å². The van der Waals surface area contributed by atoms with E-state index in [2.05, 4.69) is 95.9 Å². The van der Waals surface area contributed by atoms with Crippen molar-refractivity contribution in [1.29, 1.82) is 0 Å². The number of rotatable bonds is 5. The van der Waals surface area contributed by atoms with E-state index in [0.717, 1.165) is 44.5 Å². The Kier molecular flexibility index (Phi) is 5.13. The van der Waals surface area contributed by atoms with Gasteiger partial charge in [0.15, 0.2) is 5.58 Å². The van der Waals surface area contributed by atoms with Crippen molar-refractivity contribution in [2.75, 3.05) is 4.90 Å². The molecule has 162 valence electrons. The van der Waals surface area contributed by atoms with Gasteiger partial charge < -0.3 is 9.32 Å². The zero-order valence-electron chi connectivity index (χ0n) is 18.5. The second-order valence-electron chi connectivity index (χ2n) is 8.12. The summed E-state index contributed by atoms with van der Waals surface area (Å²) in [6.45, 7) is 0. The van der Waals surface area contributed by atoms with E-state index in [-0.39, 0.29) is 0 Å². The van der Waals surface area contributed by atoms with E-state index in [1.807, 2.05) is 42.5 Å². The van der Waals surface area contributed by atoms with Gasteiger partial charge >= 0.3 is 0 Å². The Bertz CT molecular complexity index is 1540. The molecule has 0 fully saturated rings. The Morgan fingerprint density at radius 2 is 1.18 bits per heavy atom. The first-order valence-corrected chi connectivity index (χ1v) is 11.3. The summed E-state index contributed by atoms with van der Waals surface area (Å²) in [5.74, 6) is 0.602. The predicted molar refractivity (Wildman–Crippen MR) is 142 cm³/mol. The minimum absolute atomic E-state index is 0.602. The number of nitrogens with zero attached hydrogens (tertiary/aromatic N) is 2. The van der Waals surface area contributed by atoms with Crippen LogP contribution in [0.1, 0.15) is 11.5 Å². The molecule has 0 aliphatic rings. The van der Waals surface area contributed by atoms with Gasteiger partial charge in [0.25, 0.3) is 0 Å². The molecule has 34 heavy (non-hydrogen) atoms. The standard InChI is InChI=1S/C31H22N2O/c1-3-10-25(11-4-1)33(26-12-5-2-6-13-26)27-19-15-23(16-20-27)17-22-30-32-31-28-14-8-7-9-24(28)18-21-29(31)34-30/h1-22H/b22-17+. The van der Waals surface area contributed by atoms with Crippen LogP contribution in [0.25, 0.3) is 34.0 Å². The molecule has 0 aliphatic carbocycles. The second-order valence-corrected chi connectivity index (χ2v) is 8.12. The molecule has 0 amide bonds. The van der Waals surface area contributed by atoms with Gasteiger partial charge in [-0.1, -0.05) is 78.9 Å². The lowest BCUT2D eigenvalue weighted by atomic mass is 10.1. The Morgan fingerprint density at radius 3 is 1.88 bits per heavy atom. The summed E-state index contributed by atoms with van der Waals surface area (Å²) in [5, 5.41) is 2.27. The third-order valence-corrected chi connectivity index (χ3v) is 5.90. The molecule has 0 bridgehead atoms. The van der Waals surface area contributed by atoms with Crippen molar-refractivity contribution < 1.29 is 4.42 Å². The summed E-state index contributed by atoms with van der Waals surface area (Å²) >= 11 is 0. The number of aromatic nitrogens is 1. The minimum Gasteiger partial charge on any atom is -0.437 e. The molecular formula is C31H22N2O. The van der Waals surface area contributed by atoms with E-state index in [0.29, 0.717) is 5.89 Å².